The Balaban J connectivity index is 1.60. The van der Waals surface area contributed by atoms with E-state index in [0.29, 0.717) is 18.1 Å². The normalized spacial score (nSPS) is 11.2. The van der Waals surface area contributed by atoms with Crippen molar-refractivity contribution in [3.8, 4) is 17.2 Å². The summed E-state index contributed by atoms with van der Waals surface area (Å²) in [6.45, 7) is 8.26. The topological polar surface area (TPSA) is 88.6 Å². The number of nitrogens with zero attached hydrogens (tertiary/aromatic N) is 5. The van der Waals surface area contributed by atoms with Crippen molar-refractivity contribution in [3.63, 3.8) is 0 Å². The molecule has 8 heteroatoms. The minimum atomic E-state index is -1.07. The largest absolute Gasteiger partial charge is 0.360 e. The molecule has 2 heterocycles. The van der Waals surface area contributed by atoms with Crippen LogP contribution in [0.2, 0.25) is 25.7 Å². The van der Waals surface area contributed by atoms with Crippen molar-refractivity contribution in [2.45, 2.75) is 32.4 Å². The maximum atomic E-state index is 9.12. The number of aromatic nitrogens is 4. The predicted molar refractivity (Wildman–Crippen MR) is 112 cm³/mol. The number of benzene rings is 1. The molecule has 0 radical (unpaired) electrons. The molecule has 0 aliphatic rings. The van der Waals surface area contributed by atoms with Crippen LogP contribution in [0.25, 0.3) is 11.1 Å². The molecular weight excluding hydrogens is 368 g/mol. The molecule has 0 saturated heterocycles. The molecule has 3 rings (SSSR count). The average Bonchev–Trinajstić information content (AvgIpc) is 3.14. The highest BCUT2D eigenvalue weighted by Gasteiger charge is 2.12. The summed E-state index contributed by atoms with van der Waals surface area (Å²) in [5.41, 5.74) is 3.34. The van der Waals surface area contributed by atoms with E-state index in [2.05, 4.69) is 46.1 Å². The Morgan fingerprint density at radius 3 is 2.64 bits per heavy atom. The van der Waals surface area contributed by atoms with Crippen LogP contribution < -0.4 is 5.32 Å². The third kappa shape index (κ3) is 5.49. The lowest BCUT2D eigenvalue weighted by Gasteiger charge is -2.15. The van der Waals surface area contributed by atoms with Crippen LogP contribution in [0.15, 0.2) is 49.2 Å². The molecule has 0 amide bonds. The van der Waals surface area contributed by atoms with Gasteiger partial charge in [-0.25, -0.2) is 14.6 Å². The number of anilines is 2. The number of rotatable bonds is 8. The third-order valence-electron chi connectivity index (χ3n) is 4.17. The molecule has 0 bridgehead atoms. The first-order valence-corrected chi connectivity index (χ1v) is 12.8. The Kier molecular flexibility index (Phi) is 6.18. The monoisotopic (exact) mass is 392 g/mol. The van der Waals surface area contributed by atoms with Crippen molar-refractivity contribution in [1.82, 2.24) is 19.7 Å². The summed E-state index contributed by atoms with van der Waals surface area (Å²) >= 11 is 0. The highest BCUT2D eigenvalue weighted by molar-refractivity contribution is 6.76. The molecule has 0 fully saturated rings. The van der Waals surface area contributed by atoms with E-state index in [-0.39, 0.29) is 0 Å². The molecule has 0 spiro atoms. The minimum Gasteiger partial charge on any atom is -0.360 e. The SMILES string of the molecule is C[Si](C)(C)CCOCn1cc(-c2ccc(Nc3ncncc3C#N)cc2)cn1. The number of nitrogens with one attached hydrogen (secondary N) is 1. The van der Waals surface area contributed by atoms with E-state index in [9.17, 15) is 0 Å². The second-order valence-corrected chi connectivity index (χ2v) is 13.3. The summed E-state index contributed by atoms with van der Waals surface area (Å²) < 4.78 is 7.55. The number of nitriles is 1. The average molecular weight is 393 g/mol. The van der Waals surface area contributed by atoms with Crippen LogP contribution in [-0.2, 0) is 11.5 Å². The molecule has 0 atom stereocenters. The molecule has 0 unspecified atom stereocenters. The standard InChI is InChI=1S/C20H24N6OSi/c1-28(2,3)9-8-27-15-26-13-18(12-24-26)16-4-6-19(7-5-16)25-20-17(10-21)11-22-14-23-20/h4-7,11-14H,8-9,15H2,1-3H3,(H,22,23,25). The Morgan fingerprint density at radius 1 is 1.14 bits per heavy atom. The summed E-state index contributed by atoms with van der Waals surface area (Å²) in [6, 6.07) is 11.1. The second kappa shape index (κ2) is 8.78. The lowest BCUT2D eigenvalue weighted by atomic mass is 10.1. The molecule has 1 aromatic carbocycles. The van der Waals surface area contributed by atoms with Crippen molar-refractivity contribution in [1.29, 1.82) is 5.26 Å². The van der Waals surface area contributed by atoms with Gasteiger partial charge in [0.15, 0.2) is 5.82 Å². The van der Waals surface area contributed by atoms with Gasteiger partial charge in [-0.3, -0.25) is 0 Å². The van der Waals surface area contributed by atoms with Gasteiger partial charge in [0, 0.05) is 32.1 Å². The van der Waals surface area contributed by atoms with Crippen LogP contribution in [0.5, 0.6) is 0 Å². The number of hydrogen-bond donors (Lipinski definition) is 1. The van der Waals surface area contributed by atoms with Gasteiger partial charge in [0.2, 0.25) is 0 Å². The van der Waals surface area contributed by atoms with E-state index >= 15 is 0 Å². The first kappa shape index (κ1) is 19.7. The fraction of sp³-hybridized carbons (Fsp3) is 0.300. The second-order valence-electron chi connectivity index (χ2n) is 7.72. The van der Waals surface area contributed by atoms with Crippen molar-refractivity contribution >= 4 is 19.6 Å². The summed E-state index contributed by atoms with van der Waals surface area (Å²) in [5.74, 6) is 0.494. The van der Waals surface area contributed by atoms with Gasteiger partial charge < -0.3 is 10.1 Å². The lowest BCUT2D eigenvalue weighted by molar-refractivity contribution is 0.0786. The molecule has 0 aliphatic carbocycles. The van der Waals surface area contributed by atoms with Crippen LogP contribution in [0.4, 0.5) is 11.5 Å². The van der Waals surface area contributed by atoms with E-state index in [1.807, 2.05) is 41.3 Å². The molecule has 144 valence electrons. The van der Waals surface area contributed by atoms with Crippen LogP contribution >= 0.6 is 0 Å². The third-order valence-corrected chi connectivity index (χ3v) is 5.87. The van der Waals surface area contributed by atoms with Crippen LogP contribution in [-0.4, -0.2) is 34.4 Å². The quantitative estimate of drug-likeness (QED) is 0.455. The van der Waals surface area contributed by atoms with Crippen molar-refractivity contribution in [2.75, 3.05) is 11.9 Å². The lowest BCUT2D eigenvalue weighted by Crippen LogP contribution is -2.22. The maximum absolute atomic E-state index is 9.12. The molecule has 2 aromatic heterocycles. The van der Waals surface area contributed by atoms with Gasteiger partial charge >= 0.3 is 0 Å². The Bertz CT molecular complexity index is 956. The van der Waals surface area contributed by atoms with Gasteiger partial charge in [-0.05, 0) is 23.7 Å². The van der Waals surface area contributed by atoms with E-state index in [1.54, 1.807) is 0 Å². The first-order chi connectivity index (χ1) is 13.4. The van der Waals surface area contributed by atoms with E-state index in [0.717, 1.165) is 29.5 Å². The molecule has 3 aromatic rings. The predicted octanol–water partition coefficient (Wildman–Crippen LogP) is 4.27. The van der Waals surface area contributed by atoms with E-state index < -0.39 is 8.07 Å². The van der Waals surface area contributed by atoms with Crippen LogP contribution in [0.1, 0.15) is 5.56 Å². The van der Waals surface area contributed by atoms with Gasteiger partial charge in [0.05, 0.1) is 12.4 Å². The molecule has 28 heavy (non-hydrogen) atoms. The highest BCUT2D eigenvalue weighted by Crippen LogP contribution is 2.23. The Labute approximate surface area is 166 Å². The van der Waals surface area contributed by atoms with Crippen LogP contribution in [0, 0.1) is 11.3 Å². The van der Waals surface area contributed by atoms with Crippen molar-refractivity contribution < 1.29 is 4.74 Å². The van der Waals surface area contributed by atoms with Crippen molar-refractivity contribution in [3.05, 3.63) is 54.7 Å². The molecule has 7 nitrogen and oxygen atoms in total. The number of hydrogen-bond acceptors (Lipinski definition) is 6. The van der Waals surface area contributed by atoms with Gasteiger partial charge in [0.1, 0.15) is 24.7 Å². The zero-order valence-electron chi connectivity index (χ0n) is 16.4. The zero-order chi connectivity index (χ0) is 20.0. The van der Waals surface area contributed by atoms with Gasteiger partial charge in [-0.1, -0.05) is 31.8 Å². The van der Waals surface area contributed by atoms with Gasteiger partial charge in [0.25, 0.3) is 0 Å². The first-order valence-electron chi connectivity index (χ1n) is 9.12. The summed E-state index contributed by atoms with van der Waals surface area (Å²) in [5, 5.41) is 16.6. The van der Waals surface area contributed by atoms with Crippen molar-refractivity contribution in [2.24, 2.45) is 0 Å². The summed E-state index contributed by atoms with van der Waals surface area (Å²) in [6.07, 6.45) is 6.72. The molecule has 0 saturated carbocycles. The van der Waals surface area contributed by atoms with Crippen LogP contribution in [0.3, 0.4) is 0 Å². The smallest absolute Gasteiger partial charge is 0.151 e. The van der Waals surface area contributed by atoms with Gasteiger partial charge in [-0.2, -0.15) is 10.4 Å². The fourth-order valence-electron chi connectivity index (χ4n) is 2.51. The zero-order valence-corrected chi connectivity index (χ0v) is 17.4. The molecular formula is C20H24N6OSi. The van der Waals surface area contributed by atoms with E-state index in [1.165, 1.54) is 12.5 Å². The Morgan fingerprint density at radius 2 is 1.93 bits per heavy atom. The molecule has 0 aliphatic heterocycles. The minimum absolute atomic E-state index is 0.405. The maximum Gasteiger partial charge on any atom is 0.151 e. The summed E-state index contributed by atoms with van der Waals surface area (Å²) in [4.78, 5) is 7.97. The Hall–Kier alpha value is -3.02. The van der Waals surface area contributed by atoms with Gasteiger partial charge in [-0.15, -0.1) is 0 Å². The number of ether oxygens (including phenoxy) is 1. The van der Waals surface area contributed by atoms with E-state index in [4.69, 9.17) is 10.00 Å². The summed E-state index contributed by atoms with van der Waals surface area (Å²) in [7, 11) is -1.07. The molecule has 1 N–H and O–H groups in total. The fourth-order valence-corrected chi connectivity index (χ4v) is 3.27. The highest BCUT2D eigenvalue weighted by atomic mass is 28.3.